The molecule has 0 unspecified atom stereocenters. The van der Waals surface area contributed by atoms with Crippen molar-refractivity contribution < 1.29 is 0 Å². The van der Waals surface area contributed by atoms with Crippen LogP contribution in [0.4, 0.5) is 5.95 Å². The van der Waals surface area contributed by atoms with Gasteiger partial charge >= 0.3 is 0 Å². The quantitative estimate of drug-likeness (QED) is 0.815. The first kappa shape index (κ1) is 11.5. The molecule has 0 aliphatic carbocycles. The number of anilines is 1. The Kier molecular flexibility index (Phi) is 2.55. The van der Waals surface area contributed by atoms with Crippen LogP contribution in [0.3, 0.4) is 0 Å². The van der Waals surface area contributed by atoms with Crippen LogP contribution < -0.4 is 5.73 Å². The van der Waals surface area contributed by atoms with E-state index in [4.69, 9.17) is 11.0 Å². The Morgan fingerprint density at radius 2 is 2.12 bits per heavy atom. The van der Waals surface area contributed by atoms with Crippen molar-refractivity contribution in [2.75, 3.05) is 5.73 Å². The average molecular weight is 228 g/mol. The van der Waals surface area contributed by atoms with E-state index in [1.165, 1.54) is 0 Å². The number of nitrogen functional groups attached to an aromatic ring is 1. The zero-order valence-electron chi connectivity index (χ0n) is 10.4. The molecule has 0 atom stereocenters. The lowest BCUT2D eigenvalue weighted by Crippen LogP contribution is -2.17. The van der Waals surface area contributed by atoms with Crippen LogP contribution in [0.15, 0.2) is 18.2 Å². The van der Waals surface area contributed by atoms with E-state index in [1.54, 1.807) is 6.07 Å². The maximum atomic E-state index is 9.03. The molecule has 1 heterocycles. The van der Waals surface area contributed by atoms with Gasteiger partial charge in [0.25, 0.3) is 0 Å². The third-order valence-electron chi connectivity index (χ3n) is 2.56. The minimum absolute atomic E-state index is 0.115. The standard InChI is InChI=1S/C13H16N4/c1-13(2,3)8-17-10-6-4-5-9(7-14)11(10)16-12(17)15/h4-6H,8H2,1-3H3,(H2,15,16). The third kappa shape index (κ3) is 2.09. The van der Waals surface area contributed by atoms with Crippen molar-refractivity contribution in [2.24, 2.45) is 5.41 Å². The molecule has 4 nitrogen and oxygen atoms in total. The fourth-order valence-corrected chi connectivity index (χ4v) is 1.90. The lowest BCUT2D eigenvalue weighted by atomic mass is 9.97. The van der Waals surface area contributed by atoms with E-state index in [9.17, 15) is 0 Å². The summed E-state index contributed by atoms with van der Waals surface area (Å²) in [7, 11) is 0. The predicted molar refractivity (Wildman–Crippen MR) is 68.3 cm³/mol. The van der Waals surface area contributed by atoms with Gasteiger partial charge in [-0.25, -0.2) is 4.98 Å². The van der Waals surface area contributed by atoms with Crippen LogP contribution in [0.25, 0.3) is 11.0 Å². The van der Waals surface area contributed by atoms with Gasteiger partial charge in [0.1, 0.15) is 11.6 Å². The molecule has 0 saturated heterocycles. The largest absolute Gasteiger partial charge is 0.369 e. The van der Waals surface area contributed by atoms with E-state index < -0.39 is 0 Å². The summed E-state index contributed by atoms with van der Waals surface area (Å²) >= 11 is 0. The second-order valence-electron chi connectivity index (χ2n) is 5.40. The number of rotatable bonds is 1. The van der Waals surface area contributed by atoms with E-state index in [1.807, 2.05) is 16.7 Å². The van der Waals surface area contributed by atoms with E-state index in [0.29, 0.717) is 17.0 Å². The number of aromatic nitrogens is 2. The van der Waals surface area contributed by atoms with Crippen molar-refractivity contribution in [3.8, 4) is 6.07 Å². The zero-order chi connectivity index (χ0) is 12.6. The number of nitriles is 1. The summed E-state index contributed by atoms with van der Waals surface area (Å²) in [5.41, 5.74) is 8.23. The van der Waals surface area contributed by atoms with Gasteiger partial charge in [-0.05, 0) is 17.5 Å². The second kappa shape index (κ2) is 3.77. The first-order chi connectivity index (χ1) is 7.92. The Balaban J connectivity index is 2.65. The maximum absolute atomic E-state index is 9.03. The summed E-state index contributed by atoms with van der Waals surface area (Å²) < 4.78 is 1.97. The van der Waals surface area contributed by atoms with Crippen LogP contribution in [-0.4, -0.2) is 9.55 Å². The van der Waals surface area contributed by atoms with Gasteiger partial charge in [-0.3, -0.25) is 0 Å². The van der Waals surface area contributed by atoms with Crippen molar-refractivity contribution in [1.29, 1.82) is 5.26 Å². The SMILES string of the molecule is CC(C)(C)Cn1c(N)nc2c(C#N)cccc21. The summed E-state index contributed by atoms with van der Waals surface area (Å²) in [5, 5.41) is 9.03. The van der Waals surface area contributed by atoms with Crippen LogP contribution in [0.2, 0.25) is 0 Å². The van der Waals surface area contributed by atoms with Gasteiger partial charge in [0, 0.05) is 6.54 Å². The normalized spacial score (nSPS) is 11.6. The Morgan fingerprint density at radius 3 is 2.71 bits per heavy atom. The number of para-hydroxylation sites is 1. The van der Waals surface area contributed by atoms with E-state index in [0.717, 1.165) is 12.1 Å². The van der Waals surface area contributed by atoms with Gasteiger partial charge in [-0.1, -0.05) is 26.8 Å². The van der Waals surface area contributed by atoms with Crippen LogP contribution in [-0.2, 0) is 6.54 Å². The molecular formula is C13H16N4. The highest BCUT2D eigenvalue weighted by molar-refractivity contribution is 5.83. The predicted octanol–water partition coefficient (Wildman–Crippen LogP) is 2.54. The molecule has 0 bridgehead atoms. The maximum Gasteiger partial charge on any atom is 0.201 e. The topological polar surface area (TPSA) is 67.6 Å². The molecular weight excluding hydrogens is 212 g/mol. The van der Waals surface area contributed by atoms with E-state index >= 15 is 0 Å². The molecule has 1 aromatic carbocycles. The van der Waals surface area contributed by atoms with Gasteiger partial charge in [-0.15, -0.1) is 0 Å². The fraction of sp³-hybridized carbons (Fsp3) is 0.385. The van der Waals surface area contributed by atoms with Gasteiger partial charge in [0.15, 0.2) is 0 Å². The first-order valence-corrected chi connectivity index (χ1v) is 5.57. The smallest absolute Gasteiger partial charge is 0.201 e. The van der Waals surface area contributed by atoms with Crippen LogP contribution in [0.5, 0.6) is 0 Å². The number of hydrogen-bond acceptors (Lipinski definition) is 3. The van der Waals surface area contributed by atoms with Gasteiger partial charge in [0.2, 0.25) is 5.95 Å². The van der Waals surface area contributed by atoms with Crippen LogP contribution >= 0.6 is 0 Å². The van der Waals surface area contributed by atoms with E-state index in [-0.39, 0.29) is 5.41 Å². The van der Waals surface area contributed by atoms with Gasteiger partial charge < -0.3 is 10.3 Å². The fourth-order valence-electron chi connectivity index (χ4n) is 1.90. The molecule has 0 saturated carbocycles. The molecule has 2 aromatic rings. The molecule has 4 heteroatoms. The summed E-state index contributed by atoms with van der Waals surface area (Å²) in [4.78, 5) is 4.29. The number of imidazole rings is 1. The Morgan fingerprint density at radius 1 is 1.41 bits per heavy atom. The number of fused-ring (bicyclic) bond motifs is 1. The summed E-state index contributed by atoms with van der Waals surface area (Å²) in [6.45, 7) is 7.22. The molecule has 0 radical (unpaired) electrons. The van der Waals surface area contributed by atoms with Crippen molar-refractivity contribution >= 4 is 17.0 Å². The molecule has 1 aromatic heterocycles. The highest BCUT2D eigenvalue weighted by Gasteiger charge is 2.17. The molecule has 0 amide bonds. The lowest BCUT2D eigenvalue weighted by molar-refractivity contribution is 0.351. The van der Waals surface area contributed by atoms with Crippen molar-refractivity contribution in [3.63, 3.8) is 0 Å². The summed E-state index contributed by atoms with van der Waals surface area (Å²) in [5.74, 6) is 0.470. The summed E-state index contributed by atoms with van der Waals surface area (Å²) in [6, 6.07) is 7.71. The van der Waals surface area contributed by atoms with Crippen LogP contribution in [0.1, 0.15) is 26.3 Å². The Hall–Kier alpha value is -2.02. The minimum Gasteiger partial charge on any atom is -0.369 e. The van der Waals surface area contributed by atoms with Crippen molar-refractivity contribution in [3.05, 3.63) is 23.8 Å². The number of nitrogens with zero attached hydrogens (tertiary/aromatic N) is 3. The molecule has 2 rings (SSSR count). The zero-order valence-corrected chi connectivity index (χ0v) is 10.4. The average Bonchev–Trinajstić information content (AvgIpc) is 2.53. The minimum atomic E-state index is 0.115. The number of benzene rings is 1. The van der Waals surface area contributed by atoms with Crippen LogP contribution in [0, 0.1) is 16.7 Å². The lowest BCUT2D eigenvalue weighted by Gasteiger charge is -2.20. The summed E-state index contributed by atoms with van der Waals surface area (Å²) in [6.07, 6.45) is 0. The Bertz CT molecular complexity index is 596. The second-order valence-corrected chi connectivity index (χ2v) is 5.40. The molecule has 88 valence electrons. The first-order valence-electron chi connectivity index (χ1n) is 5.57. The van der Waals surface area contributed by atoms with Gasteiger partial charge in [0.05, 0.1) is 11.1 Å². The van der Waals surface area contributed by atoms with Crippen molar-refractivity contribution in [2.45, 2.75) is 27.3 Å². The molecule has 0 aliphatic heterocycles. The molecule has 0 fully saturated rings. The third-order valence-corrected chi connectivity index (χ3v) is 2.56. The number of hydrogen-bond donors (Lipinski definition) is 1. The molecule has 17 heavy (non-hydrogen) atoms. The Labute approximate surface area is 101 Å². The molecule has 0 spiro atoms. The van der Waals surface area contributed by atoms with Gasteiger partial charge in [-0.2, -0.15) is 5.26 Å². The highest BCUT2D eigenvalue weighted by atomic mass is 15.2. The van der Waals surface area contributed by atoms with Crippen molar-refractivity contribution in [1.82, 2.24) is 9.55 Å². The number of nitrogens with two attached hydrogens (primary N) is 1. The highest BCUT2D eigenvalue weighted by Crippen LogP contribution is 2.25. The molecule has 0 aliphatic rings. The molecule has 2 N–H and O–H groups in total. The van der Waals surface area contributed by atoms with E-state index in [2.05, 4.69) is 31.8 Å². The monoisotopic (exact) mass is 228 g/mol.